The van der Waals surface area contributed by atoms with Crippen LogP contribution in [0.25, 0.3) is 0 Å². The van der Waals surface area contributed by atoms with Gasteiger partial charge in [-0.2, -0.15) is 0 Å². The van der Waals surface area contributed by atoms with E-state index in [-0.39, 0.29) is 11.9 Å². The van der Waals surface area contributed by atoms with Gasteiger partial charge in [0.05, 0.1) is 12.7 Å². The molecule has 0 amide bonds. The molecule has 3 rings (SSSR count). The molecule has 0 radical (unpaired) electrons. The Morgan fingerprint density at radius 3 is 2.52 bits per heavy atom. The van der Waals surface area contributed by atoms with E-state index in [4.69, 9.17) is 9.47 Å². The first-order chi connectivity index (χ1) is 10.3. The largest absolute Gasteiger partial charge is 0.381 e. The molecule has 1 aromatic rings. The summed E-state index contributed by atoms with van der Waals surface area (Å²) in [5.41, 5.74) is 1.05. The fourth-order valence-electron chi connectivity index (χ4n) is 2.68. The lowest BCUT2D eigenvalue weighted by atomic mass is 10.0. The molecule has 1 saturated heterocycles. The van der Waals surface area contributed by atoms with E-state index in [0.717, 1.165) is 44.8 Å². The highest BCUT2D eigenvalue weighted by molar-refractivity contribution is 5.19. The van der Waals surface area contributed by atoms with E-state index in [1.165, 1.54) is 25.0 Å². The number of nitrogens with one attached hydrogen (secondary N) is 1. The lowest BCUT2D eigenvalue weighted by Gasteiger charge is -2.25. The number of benzene rings is 1. The molecule has 0 bridgehead atoms. The Kier molecular flexibility index (Phi) is 5.22. The molecule has 2 fully saturated rings. The van der Waals surface area contributed by atoms with E-state index in [1.807, 2.05) is 12.1 Å². The van der Waals surface area contributed by atoms with E-state index in [9.17, 15) is 4.39 Å². The van der Waals surface area contributed by atoms with Gasteiger partial charge >= 0.3 is 0 Å². The zero-order valence-corrected chi connectivity index (χ0v) is 12.4. The van der Waals surface area contributed by atoms with E-state index < -0.39 is 0 Å². The molecule has 0 aromatic heterocycles. The molecule has 1 aliphatic heterocycles. The molecule has 1 heterocycles. The summed E-state index contributed by atoms with van der Waals surface area (Å²) in [7, 11) is 0. The number of hydrogen-bond acceptors (Lipinski definition) is 3. The lowest BCUT2D eigenvalue weighted by Crippen LogP contribution is -2.28. The molecule has 1 atom stereocenters. The van der Waals surface area contributed by atoms with Crippen molar-refractivity contribution < 1.29 is 13.9 Å². The Morgan fingerprint density at radius 1 is 1.14 bits per heavy atom. The van der Waals surface area contributed by atoms with Crippen molar-refractivity contribution in [3.8, 4) is 0 Å². The summed E-state index contributed by atoms with van der Waals surface area (Å²) < 4.78 is 24.6. The van der Waals surface area contributed by atoms with Crippen molar-refractivity contribution in [2.24, 2.45) is 5.92 Å². The van der Waals surface area contributed by atoms with Gasteiger partial charge in [-0.1, -0.05) is 12.1 Å². The van der Waals surface area contributed by atoms with Gasteiger partial charge < -0.3 is 14.8 Å². The SMILES string of the molecule is Fc1ccc(C(CNC2CC2)OCC2CCOCC2)cc1. The highest BCUT2D eigenvalue weighted by Gasteiger charge is 2.24. The fraction of sp³-hybridized carbons (Fsp3) is 0.647. The van der Waals surface area contributed by atoms with Crippen LogP contribution in [0.15, 0.2) is 24.3 Å². The molecule has 1 unspecified atom stereocenters. The normalized spacial score (nSPS) is 21.4. The summed E-state index contributed by atoms with van der Waals surface area (Å²) in [5, 5.41) is 3.51. The molecule has 4 heteroatoms. The van der Waals surface area contributed by atoms with Gasteiger partial charge in [0, 0.05) is 25.8 Å². The van der Waals surface area contributed by atoms with Gasteiger partial charge in [0.25, 0.3) is 0 Å². The van der Waals surface area contributed by atoms with Gasteiger partial charge in [-0.15, -0.1) is 0 Å². The third-order valence-corrected chi connectivity index (χ3v) is 4.29. The standard InChI is InChI=1S/C17H24FNO2/c18-15-3-1-14(2-4-15)17(11-19-16-5-6-16)21-12-13-7-9-20-10-8-13/h1-4,13,16-17,19H,5-12H2. The second-order valence-electron chi connectivity index (χ2n) is 6.11. The number of hydrogen-bond donors (Lipinski definition) is 1. The van der Waals surface area contributed by atoms with Crippen LogP contribution in [0.4, 0.5) is 4.39 Å². The minimum absolute atomic E-state index is 0.00837. The lowest BCUT2D eigenvalue weighted by molar-refractivity contribution is -0.0115. The van der Waals surface area contributed by atoms with Crippen molar-refractivity contribution in [2.45, 2.75) is 37.8 Å². The molecule has 1 saturated carbocycles. The Hall–Kier alpha value is -0.970. The van der Waals surface area contributed by atoms with E-state index in [0.29, 0.717) is 12.0 Å². The molecule has 21 heavy (non-hydrogen) atoms. The first kappa shape index (κ1) is 14.9. The number of ether oxygens (including phenoxy) is 2. The zero-order valence-electron chi connectivity index (χ0n) is 12.4. The predicted octanol–water partition coefficient (Wildman–Crippen LogP) is 3.06. The van der Waals surface area contributed by atoms with Crippen LogP contribution in [0.2, 0.25) is 0 Å². The second kappa shape index (κ2) is 7.34. The van der Waals surface area contributed by atoms with Crippen molar-refractivity contribution in [1.29, 1.82) is 0 Å². The molecular weight excluding hydrogens is 269 g/mol. The van der Waals surface area contributed by atoms with Gasteiger partial charge in [-0.25, -0.2) is 4.39 Å². The zero-order chi connectivity index (χ0) is 14.5. The van der Waals surface area contributed by atoms with Gasteiger partial charge in [0.15, 0.2) is 0 Å². The quantitative estimate of drug-likeness (QED) is 0.838. The number of halogens is 1. The summed E-state index contributed by atoms with van der Waals surface area (Å²) in [4.78, 5) is 0. The second-order valence-corrected chi connectivity index (χ2v) is 6.11. The van der Waals surface area contributed by atoms with Crippen molar-refractivity contribution in [2.75, 3.05) is 26.4 Å². The van der Waals surface area contributed by atoms with Gasteiger partial charge in [0.2, 0.25) is 0 Å². The highest BCUT2D eigenvalue weighted by atomic mass is 19.1. The maximum absolute atomic E-state index is 13.1. The van der Waals surface area contributed by atoms with E-state index >= 15 is 0 Å². The van der Waals surface area contributed by atoms with Crippen LogP contribution in [0.3, 0.4) is 0 Å². The summed E-state index contributed by atoms with van der Waals surface area (Å²) in [5.74, 6) is 0.389. The molecule has 116 valence electrons. The summed E-state index contributed by atoms with van der Waals surface area (Å²) in [6.07, 6.45) is 4.68. The van der Waals surface area contributed by atoms with Crippen LogP contribution in [0.5, 0.6) is 0 Å². The summed E-state index contributed by atoms with van der Waals surface area (Å²) >= 11 is 0. The van der Waals surface area contributed by atoms with Crippen LogP contribution >= 0.6 is 0 Å². The maximum Gasteiger partial charge on any atom is 0.123 e. The van der Waals surface area contributed by atoms with E-state index in [1.54, 1.807) is 0 Å². The fourth-order valence-corrected chi connectivity index (χ4v) is 2.68. The summed E-state index contributed by atoms with van der Waals surface area (Å²) in [6.45, 7) is 3.25. The maximum atomic E-state index is 13.1. The topological polar surface area (TPSA) is 30.5 Å². The molecule has 1 aliphatic carbocycles. The van der Waals surface area contributed by atoms with Crippen molar-refractivity contribution in [1.82, 2.24) is 5.32 Å². The van der Waals surface area contributed by atoms with Crippen molar-refractivity contribution in [3.63, 3.8) is 0 Å². The Bertz CT molecular complexity index is 427. The summed E-state index contributed by atoms with van der Waals surface area (Å²) in [6, 6.07) is 7.34. The van der Waals surface area contributed by atoms with Crippen LogP contribution in [0, 0.1) is 11.7 Å². The monoisotopic (exact) mass is 293 g/mol. The molecule has 1 N–H and O–H groups in total. The minimum Gasteiger partial charge on any atom is -0.381 e. The first-order valence-electron chi connectivity index (χ1n) is 7.99. The average molecular weight is 293 g/mol. The van der Waals surface area contributed by atoms with Crippen molar-refractivity contribution in [3.05, 3.63) is 35.6 Å². The Labute approximate surface area is 125 Å². The van der Waals surface area contributed by atoms with Crippen LogP contribution in [-0.4, -0.2) is 32.4 Å². The minimum atomic E-state index is -0.197. The predicted molar refractivity (Wildman–Crippen MR) is 79.7 cm³/mol. The molecule has 2 aliphatic rings. The van der Waals surface area contributed by atoms with Crippen LogP contribution < -0.4 is 5.32 Å². The molecule has 1 aromatic carbocycles. The Morgan fingerprint density at radius 2 is 1.86 bits per heavy atom. The molecule has 3 nitrogen and oxygen atoms in total. The third-order valence-electron chi connectivity index (χ3n) is 4.29. The molecular formula is C17H24FNO2. The first-order valence-corrected chi connectivity index (χ1v) is 7.99. The van der Waals surface area contributed by atoms with Gasteiger partial charge in [0.1, 0.15) is 5.82 Å². The van der Waals surface area contributed by atoms with E-state index in [2.05, 4.69) is 5.32 Å². The van der Waals surface area contributed by atoms with Gasteiger partial charge in [-0.3, -0.25) is 0 Å². The highest BCUT2D eigenvalue weighted by Crippen LogP contribution is 2.24. The van der Waals surface area contributed by atoms with Crippen LogP contribution in [-0.2, 0) is 9.47 Å². The van der Waals surface area contributed by atoms with Gasteiger partial charge in [-0.05, 0) is 49.3 Å². The average Bonchev–Trinajstić information content (AvgIpc) is 3.34. The van der Waals surface area contributed by atoms with Crippen molar-refractivity contribution >= 4 is 0 Å². The Balaban J connectivity index is 1.55. The smallest absolute Gasteiger partial charge is 0.123 e. The van der Waals surface area contributed by atoms with Crippen LogP contribution in [0.1, 0.15) is 37.4 Å². The number of rotatable bonds is 7. The molecule has 0 spiro atoms. The third kappa shape index (κ3) is 4.77.